The van der Waals surface area contributed by atoms with Crippen molar-refractivity contribution < 1.29 is 23.2 Å². The number of carbonyl (C=O) groups is 2. The van der Waals surface area contributed by atoms with E-state index in [2.05, 4.69) is 15.8 Å². The lowest BCUT2D eigenvalue weighted by Gasteiger charge is -2.05. The quantitative estimate of drug-likeness (QED) is 0.623. The van der Waals surface area contributed by atoms with E-state index in [1.54, 1.807) is 12.1 Å². The molecule has 8 heteroatoms. The molecule has 0 fully saturated rings. The third-order valence-corrected chi connectivity index (χ3v) is 2.96. The molecule has 0 aromatic heterocycles. The summed E-state index contributed by atoms with van der Waals surface area (Å²) in [5, 5.41) is 8.06. The molecule has 0 radical (unpaired) electrons. The lowest BCUT2D eigenvalue weighted by Crippen LogP contribution is -2.18. The van der Waals surface area contributed by atoms with Crippen molar-refractivity contribution in [1.29, 1.82) is 0 Å². The fourth-order valence-corrected chi connectivity index (χ4v) is 1.77. The molecule has 0 aliphatic carbocycles. The molecule has 2 rings (SSSR count). The minimum Gasteiger partial charge on any atom is -0.385 e. The van der Waals surface area contributed by atoms with Crippen LogP contribution >= 0.6 is 0 Å². The maximum absolute atomic E-state index is 13.4. The smallest absolute Gasteiger partial charge is 0.270 e. The molecule has 0 aliphatic rings. The van der Waals surface area contributed by atoms with Gasteiger partial charge in [-0.1, -0.05) is 22.9 Å². The number of anilines is 2. The van der Waals surface area contributed by atoms with Crippen LogP contribution in [0.2, 0.25) is 0 Å². The number of benzene rings is 2. The molecule has 6 nitrogen and oxygen atoms in total. The number of carbonyl (C=O) groups excluding carboxylic acids is 2. The minimum atomic E-state index is -0.917. The predicted molar refractivity (Wildman–Crippen MR) is 89.2 cm³/mol. The number of nitrogens with one attached hydrogen (secondary N) is 2. The largest absolute Gasteiger partial charge is 0.385 e. The van der Waals surface area contributed by atoms with Gasteiger partial charge in [-0.25, -0.2) is 8.78 Å². The highest BCUT2D eigenvalue weighted by Gasteiger charge is 2.07. The molecule has 0 spiro atoms. The highest BCUT2D eigenvalue weighted by atomic mass is 19.1. The number of hydrogen-bond donors (Lipinski definition) is 2. The van der Waals surface area contributed by atoms with E-state index in [-0.39, 0.29) is 5.69 Å². The van der Waals surface area contributed by atoms with E-state index in [9.17, 15) is 18.4 Å². The number of rotatable bonds is 6. The molecule has 0 heterocycles. The SMILES string of the molecule is Cc1ccc(NC(=O)CO/N=C/C(=O)Nc2ccc(F)cc2F)cc1. The fraction of sp³-hybridized carbons (Fsp3) is 0.118. The number of nitrogens with zero attached hydrogens (tertiary/aromatic N) is 1. The summed E-state index contributed by atoms with van der Waals surface area (Å²) in [5.74, 6) is -2.91. The number of hydrogen-bond acceptors (Lipinski definition) is 4. The first-order valence-electron chi connectivity index (χ1n) is 7.22. The van der Waals surface area contributed by atoms with Crippen LogP contribution < -0.4 is 10.6 Å². The molecule has 0 atom stereocenters. The van der Waals surface area contributed by atoms with Gasteiger partial charge in [-0.3, -0.25) is 9.59 Å². The van der Waals surface area contributed by atoms with Crippen molar-refractivity contribution in [2.45, 2.75) is 6.92 Å². The average molecular weight is 347 g/mol. The van der Waals surface area contributed by atoms with Crippen LogP contribution in [0.4, 0.5) is 20.2 Å². The first kappa shape index (κ1) is 18.1. The van der Waals surface area contributed by atoms with Gasteiger partial charge in [0, 0.05) is 11.8 Å². The molecule has 2 amide bonds. The van der Waals surface area contributed by atoms with Crippen LogP contribution in [0.15, 0.2) is 47.6 Å². The van der Waals surface area contributed by atoms with Crippen LogP contribution in [-0.2, 0) is 14.4 Å². The number of oxime groups is 1. The Bertz CT molecular complexity index is 792. The molecule has 0 unspecified atom stereocenters. The molecular formula is C17H15F2N3O3. The summed E-state index contributed by atoms with van der Waals surface area (Å²) in [6.45, 7) is 1.52. The Morgan fingerprint density at radius 2 is 1.84 bits per heavy atom. The molecule has 0 aliphatic heterocycles. The van der Waals surface area contributed by atoms with E-state index >= 15 is 0 Å². The van der Waals surface area contributed by atoms with E-state index < -0.39 is 30.1 Å². The second-order valence-electron chi connectivity index (χ2n) is 5.04. The normalized spacial score (nSPS) is 10.5. The van der Waals surface area contributed by atoms with Crippen molar-refractivity contribution in [2.24, 2.45) is 5.16 Å². The van der Waals surface area contributed by atoms with Gasteiger partial charge in [0.1, 0.15) is 17.8 Å². The standard InChI is InChI=1S/C17H15F2N3O3/c1-11-2-5-13(6-3-11)21-17(24)10-25-20-9-16(23)22-15-7-4-12(18)8-14(15)19/h2-9H,10H2,1H3,(H,21,24)(H,22,23)/b20-9+. The predicted octanol–water partition coefficient (Wildman–Crippen LogP) is 2.85. The minimum absolute atomic E-state index is 0.199. The van der Waals surface area contributed by atoms with Crippen molar-refractivity contribution in [1.82, 2.24) is 0 Å². The molecular weight excluding hydrogens is 332 g/mol. The van der Waals surface area contributed by atoms with E-state index in [0.717, 1.165) is 23.9 Å². The Morgan fingerprint density at radius 1 is 1.12 bits per heavy atom. The molecule has 2 aromatic carbocycles. The van der Waals surface area contributed by atoms with Gasteiger partial charge in [-0.05, 0) is 31.2 Å². The van der Waals surface area contributed by atoms with E-state index in [0.29, 0.717) is 11.8 Å². The summed E-state index contributed by atoms with van der Waals surface area (Å²) in [5.41, 5.74) is 1.46. The molecule has 0 saturated carbocycles. The van der Waals surface area contributed by atoms with Gasteiger partial charge in [0.2, 0.25) is 0 Å². The summed E-state index contributed by atoms with van der Waals surface area (Å²) < 4.78 is 26.1. The second kappa shape index (κ2) is 8.53. The van der Waals surface area contributed by atoms with Gasteiger partial charge < -0.3 is 15.5 Å². The van der Waals surface area contributed by atoms with Gasteiger partial charge in [0.15, 0.2) is 6.61 Å². The highest BCUT2D eigenvalue weighted by molar-refractivity contribution is 6.31. The van der Waals surface area contributed by atoms with Crippen molar-refractivity contribution in [3.8, 4) is 0 Å². The Morgan fingerprint density at radius 3 is 2.52 bits per heavy atom. The third kappa shape index (κ3) is 6.02. The van der Waals surface area contributed by atoms with Gasteiger partial charge >= 0.3 is 0 Å². The number of amides is 2. The van der Waals surface area contributed by atoms with Gasteiger partial charge in [-0.15, -0.1) is 0 Å². The topological polar surface area (TPSA) is 79.8 Å². The highest BCUT2D eigenvalue weighted by Crippen LogP contribution is 2.14. The molecule has 0 bridgehead atoms. The van der Waals surface area contributed by atoms with Crippen molar-refractivity contribution in [3.63, 3.8) is 0 Å². The number of aryl methyl sites for hydroxylation is 1. The fourth-order valence-electron chi connectivity index (χ4n) is 1.77. The van der Waals surface area contributed by atoms with Crippen molar-refractivity contribution >= 4 is 29.4 Å². The number of halogens is 2. The van der Waals surface area contributed by atoms with Gasteiger partial charge in [-0.2, -0.15) is 0 Å². The first-order valence-corrected chi connectivity index (χ1v) is 7.22. The average Bonchev–Trinajstić information content (AvgIpc) is 2.56. The molecule has 2 N–H and O–H groups in total. The monoisotopic (exact) mass is 347 g/mol. The molecule has 130 valence electrons. The van der Waals surface area contributed by atoms with Gasteiger partial charge in [0.05, 0.1) is 5.69 Å². The lowest BCUT2D eigenvalue weighted by molar-refractivity contribution is -0.120. The Labute approximate surface area is 142 Å². The summed E-state index contributed by atoms with van der Waals surface area (Å²) in [4.78, 5) is 27.8. The summed E-state index contributed by atoms with van der Waals surface area (Å²) >= 11 is 0. The summed E-state index contributed by atoms with van der Waals surface area (Å²) in [7, 11) is 0. The van der Waals surface area contributed by atoms with Crippen LogP contribution in [-0.4, -0.2) is 24.6 Å². The van der Waals surface area contributed by atoms with Crippen LogP contribution in [0.5, 0.6) is 0 Å². The molecule has 25 heavy (non-hydrogen) atoms. The Balaban J connectivity index is 1.75. The Hall–Kier alpha value is -3.29. The van der Waals surface area contributed by atoms with Gasteiger partial charge in [0.25, 0.3) is 11.8 Å². The zero-order chi connectivity index (χ0) is 18.2. The van der Waals surface area contributed by atoms with E-state index in [1.807, 2.05) is 19.1 Å². The summed E-state index contributed by atoms with van der Waals surface area (Å²) in [6, 6.07) is 9.87. The zero-order valence-corrected chi connectivity index (χ0v) is 13.3. The zero-order valence-electron chi connectivity index (χ0n) is 13.3. The van der Waals surface area contributed by atoms with Crippen molar-refractivity contribution in [2.75, 3.05) is 17.2 Å². The first-order chi connectivity index (χ1) is 11.9. The lowest BCUT2D eigenvalue weighted by atomic mass is 10.2. The maximum atomic E-state index is 13.4. The molecule has 2 aromatic rings. The third-order valence-electron chi connectivity index (χ3n) is 2.96. The van der Waals surface area contributed by atoms with Crippen LogP contribution in [0.1, 0.15) is 5.56 Å². The molecule has 0 saturated heterocycles. The van der Waals surface area contributed by atoms with Crippen LogP contribution in [0.25, 0.3) is 0 Å². The van der Waals surface area contributed by atoms with Crippen molar-refractivity contribution in [3.05, 3.63) is 59.7 Å². The second-order valence-corrected chi connectivity index (χ2v) is 5.04. The van der Waals surface area contributed by atoms with Crippen LogP contribution in [0.3, 0.4) is 0 Å². The Kier molecular flexibility index (Phi) is 6.16. The van der Waals surface area contributed by atoms with E-state index in [1.165, 1.54) is 0 Å². The maximum Gasteiger partial charge on any atom is 0.270 e. The summed E-state index contributed by atoms with van der Waals surface area (Å²) in [6.07, 6.45) is 0.738. The van der Waals surface area contributed by atoms with E-state index in [4.69, 9.17) is 4.84 Å². The van der Waals surface area contributed by atoms with Crippen LogP contribution in [0, 0.1) is 18.6 Å².